The van der Waals surface area contributed by atoms with Crippen LogP contribution >= 0.6 is 0 Å². The third-order valence-corrected chi connectivity index (χ3v) is 6.88. The molecule has 4 rings (SSSR count). The number of H-pyrrole nitrogens is 2. The standard InChI is InChI=1S/C23H21N3O4S/c27-22-20-15-19(11-12-21(20)24-23(28)25-22)31(29,30)26(16-18-9-5-2-6-10-18)14-13-17-7-3-1-4-8-17/h1-12,15H,13-14,16H2,(H2,24,25,27,28). The van der Waals surface area contributed by atoms with E-state index in [2.05, 4.69) is 9.97 Å². The number of nitrogens with one attached hydrogen (secondary N) is 2. The molecule has 1 heterocycles. The van der Waals surface area contributed by atoms with Gasteiger partial charge in [-0.15, -0.1) is 0 Å². The fourth-order valence-corrected chi connectivity index (χ4v) is 4.88. The Morgan fingerprint density at radius 2 is 1.42 bits per heavy atom. The first-order chi connectivity index (χ1) is 14.9. The van der Waals surface area contributed by atoms with Crippen LogP contribution in [0.2, 0.25) is 0 Å². The molecular weight excluding hydrogens is 414 g/mol. The van der Waals surface area contributed by atoms with Gasteiger partial charge in [0.15, 0.2) is 0 Å². The molecule has 4 aromatic rings. The van der Waals surface area contributed by atoms with Crippen molar-refractivity contribution < 1.29 is 8.42 Å². The molecule has 31 heavy (non-hydrogen) atoms. The third-order valence-electron chi connectivity index (χ3n) is 5.04. The van der Waals surface area contributed by atoms with Gasteiger partial charge in [0.2, 0.25) is 10.0 Å². The van der Waals surface area contributed by atoms with Crippen molar-refractivity contribution in [2.75, 3.05) is 6.54 Å². The van der Waals surface area contributed by atoms with Gasteiger partial charge in [-0.2, -0.15) is 4.31 Å². The molecular formula is C23H21N3O4S. The molecule has 0 bridgehead atoms. The summed E-state index contributed by atoms with van der Waals surface area (Å²) in [6.07, 6.45) is 0.550. The number of hydrogen-bond donors (Lipinski definition) is 2. The fourth-order valence-electron chi connectivity index (χ4n) is 3.42. The van der Waals surface area contributed by atoms with Crippen molar-refractivity contribution in [3.05, 3.63) is 111 Å². The highest BCUT2D eigenvalue weighted by Gasteiger charge is 2.25. The molecule has 0 atom stereocenters. The summed E-state index contributed by atoms with van der Waals surface area (Å²) in [6.45, 7) is 0.483. The van der Waals surface area contributed by atoms with Gasteiger partial charge < -0.3 is 4.98 Å². The van der Waals surface area contributed by atoms with Crippen LogP contribution < -0.4 is 11.2 Å². The second kappa shape index (κ2) is 8.71. The van der Waals surface area contributed by atoms with E-state index in [1.54, 1.807) is 0 Å². The van der Waals surface area contributed by atoms with Crippen LogP contribution in [0.4, 0.5) is 0 Å². The summed E-state index contributed by atoms with van der Waals surface area (Å²) in [6, 6.07) is 23.2. The Morgan fingerprint density at radius 1 is 0.774 bits per heavy atom. The van der Waals surface area contributed by atoms with Crippen LogP contribution in [0.3, 0.4) is 0 Å². The Kier molecular flexibility index (Phi) is 5.83. The zero-order valence-corrected chi connectivity index (χ0v) is 17.4. The summed E-state index contributed by atoms with van der Waals surface area (Å²) in [4.78, 5) is 28.3. The Labute approximate surface area is 179 Å². The van der Waals surface area contributed by atoms with Crippen molar-refractivity contribution in [2.45, 2.75) is 17.9 Å². The number of benzene rings is 3. The molecule has 0 fully saturated rings. The van der Waals surface area contributed by atoms with E-state index in [-0.39, 0.29) is 28.9 Å². The van der Waals surface area contributed by atoms with Crippen LogP contribution in [0.15, 0.2) is 93.3 Å². The Morgan fingerprint density at radius 3 is 2.10 bits per heavy atom. The van der Waals surface area contributed by atoms with Crippen molar-refractivity contribution in [3.8, 4) is 0 Å². The Hall–Kier alpha value is -3.49. The SMILES string of the molecule is O=c1[nH]c(=O)c2cc(S(=O)(=O)N(CCc3ccccc3)Cc3ccccc3)ccc2[nH]1. The van der Waals surface area contributed by atoms with Gasteiger partial charge in [0.25, 0.3) is 5.56 Å². The normalized spacial score (nSPS) is 11.8. The van der Waals surface area contributed by atoms with Crippen LogP contribution in [0.1, 0.15) is 11.1 Å². The van der Waals surface area contributed by atoms with E-state index < -0.39 is 21.3 Å². The summed E-state index contributed by atoms with van der Waals surface area (Å²) in [7, 11) is -3.90. The molecule has 0 amide bonds. The number of rotatable bonds is 7. The molecule has 158 valence electrons. The summed E-state index contributed by atoms with van der Waals surface area (Å²) in [5.41, 5.74) is 0.911. The molecule has 0 aliphatic heterocycles. The van der Waals surface area contributed by atoms with E-state index in [0.29, 0.717) is 6.42 Å². The van der Waals surface area contributed by atoms with Crippen LogP contribution in [-0.2, 0) is 23.0 Å². The van der Waals surface area contributed by atoms with Gasteiger partial charge in [0.1, 0.15) is 0 Å². The topological polar surface area (TPSA) is 103 Å². The predicted octanol–water partition coefficient (Wildman–Crippen LogP) is 2.65. The minimum atomic E-state index is -3.90. The molecule has 8 heteroatoms. The van der Waals surface area contributed by atoms with Gasteiger partial charge in [-0.25, -0.2) is 13.2 Å². The van der Waals surface area contributed by atoms with Gasteiger partial charge >= 0.3 is 5.69 Å². The molecule has 0 spiro atoms. The molecule has 3 aromatic carbocycles. The van der Waals surface area contributed by atoms with Gasteiger partial charge in [-0.05, 0) is 35.7 Å². The van der Waals surface area contributed by atoms with Crippen LogP contribution in [0.5, 0.6) is 0 Å². The van der Waals surface area contributed by atoms with Crippen LogP contribution in [0, 0.1) is 0 Å². The van der Waals surface area contributed by atoms with Gasteiger partial charge in [-0.3, -0.25) is 9.78 Å². The number of aromatic nitrogens is 2. The Balaban J connectivity index is 1.72. The molecule has 0 saturated heterocycles. The largest absolute Gasteiger partial charge is 0.326 e. The Bertz CT molecular complexity index is 1410. The highest BCUT2D eigenvalue weighted by molar-refractivity contribution is 7.89. The maximum absolute atomic E-state index is 13.5. The third kappa shape index (κ3) is 4.65. The average Bonchev–Trinajstić information content (AvgIpc) is 2.77. The summed E-state index contributed by atoms with van der Waals surface area (Å²) in [5.74, 6) is 0. The summed E-state index contributed by atoms with van der Waals surface area (Å²) < 4.78 is 28.5. The number of fused-ring (bicyclic) bond motifs is 1. The molecule has 0 saturated carbocycles. The first-order valence-electron chi connectivity index (χ1n) is 9.78. The van der Waals surface area contributed by atoms with Crippen molar-refractivity contribution in [1.29, 1.82) is 0 Å². The predicted molar refractivity (Wildman–Crippen MR) is 119 cm³/mol. The first-order valence-corrected chi connectivity index (χ1v) is 11.2. The summed E-state index contributed by atoms with van der Waals surface area (Å²) in [5, 5.41) is 0.114. The van der Waals surface area contributed by atoms with E-state index in [1.807, 2.05) is 60.7 Å². The second-order valence-electron chi connectivity index (χ2n) is 7.18. The minimum Gasteiger partial charge on any atom is -0.307 e. The van der Waals surface area contributed by atoms with Crippen LogP contribution in [-0.4, -0.2) is 29.2 Å². The van der Waals surface area contributed by atoms with Gasteiger partial charge in [0, 0.05) is 13.1 Å². The number of nitrogens with zero attached hydrogens (tertiary/aromatic N) is 1. The van der Waals surface area contributed by atoms with Crippen LogP contribution in [0.25, 0.3) is 10.9 Å². The number of sulfonamides is 1. The lowest BCUT2D eigenvalue weighted by Gasteiger charge is -2.22. The lowest BCUT2D eigenvalue weighted by atomic mass is 10.1. The number of hydrogen-bond acceptors (Lipinski definition) is 4. The van der Waals surface area contributed by atoms with Crippen molar-refractivity contribution >= 4 is 20.9 Å². The highest BCUT2D eigenvalue weighted by atomic mass is 32.2. The minimum absolute atomic E-state index is 0.00143. The highest BCUT2D eigenvalue weighted by Crippen LogP contribution is 2.21. The smallest absolute Gasteiger partial charge is 0.307 e. The quantitative estimate of drug-likeness (QED) is 0.466. The summed E-state index contributed by atoms with van der Waals surface area (Å²) >= 11 is 0. The van der Waals surface area contributed by atoms with E-state index in [4.69, 9.17) is 0 Å². The molecule has 0 radical (unpaired) electrons. The van der Waals surface area contributed by atoms with Crippen molar-refractivity contribution in [3.63, 3.8) is 0 Å². The lowest BCUT2D eigenvalue weighted by Crippen LogP contribution is -2.33. The molecule has 0 aliphatic rings. The van der Waals surface area contributed by atoms with E-state index in [1.165, 1.54) is 22.5 Å². The van der Waals surface area contributed by atoms with E-state index in [9.17, 15) is 18.0 Å². The maximum atomic E-state index is 13.5. The lowest BCUT2D eigenvalue weighted by molar-refractivity contribution is 0.409. The number of aromatic amines is 2. The zero-order chi connectivity index (χ0) is 21.8. The molecule has 0 aliphatic carbocycles. The molecule has 1 aromatic heterocycles. The van der Waals surface area contributed by atoms with Crippen molar-refractivity contribution in [2.24, 2.45) is 0 Å². The molecule has 7 nitrogen and oxygen atoms in total. The zero-order valence-electron chi connectivity index (χ0n) is 16.6. The average molecular weight is 436 g/mol. The maximum Gasteiger partial charge on any atom is 0.326 e. The fraction of sp³-hybridized carbons (Fsp3) is 0.130. The second-order valence-corrected chi connectivity index (χ2v) is 9.11. The van der Waals surface area contributed by atoms with Gasteiger partial charge in [-0.1, -0.05) is 60.7 Å². The monoisotopic (exact) mass is 435 g/mol. The molecule has 2 N–H and O–H groups in total. The first kappa shape index (κ1) is 20.8. The van der Waals surface area contributed by atoms with Crippen molar-refractivity contribution in [1.82, 2.24) is 14.3 Å². The van der Waals surface area contributed by atoms with Gasteiger partial charge in [0.05, 0.1) is 15.8 Å². The van der Waals surface area contributed by atoms with E-state index >= 15 is 0 Å². The molecule has 0 unspecified atom stereocenters. The van der Waals surface area contributed by atoms with E-state index in [0.717, 1.165) is 11.1 Å².